The summed E-state index contributed by atoms with van der Waals surface area (Å²) >= 11 is 6.17. The largest absolute Gasteiger partial charge is 0.507 e. The van der Waals surface area contributed by atoms with Gasteiger partial charge in [-0.05, 0) is 23.1 Å². The van der Waals surface area contributed by atoms with E-state index in [2.05, 4.69) is 20.8 Å². The average Bonchev–Trinajstić information content (AvgIpc) is 2.31. The molecule has 18 heavy (non-hydrogen) atoms. The molecule has 0 heterocycles. The molecule has 2 rings (SSSR count). The molecule has 94 valence electrons. The lowest BCUT2D eigenvalue weighted by Crippen LogP contribution is -2.11. The summed E-state index contributed by atoms with van der Waals surface area (Å²) in [4.78, 5) is 0. The molecule has 0 saturated heterocycles. The third-order valence-corrected chi connectivity index (χ3v) is 3.19. The summed E-state index contributed by atoms with van der Waals surface area (Å²) in [5, 5.41) is 11.1. The van der Waals surface area contributed by atoms with Crippen molar-refractivity contribution < 1.29 is 5.11 Å². The molecule has 0 radical (unpaired) electrons. The van der Waals surface area contributed by atoms with Crippen LogP contribution in [0.3, 0.4) is 0 Å². The molecule has 2 aromatic rings. The first kappa shape index (κ1) is 13.0. The molecule has 2 aromatic carbocycles. The van der Waals surface area contributed by atoms with Gasteiger partial charge < -0.3 is 5.11 Å². The molecular weight excluding hydrogens is 244 g/mol. The summed E-state index contributed by atoms with van der Waals surface area (Å²) in [6, 6.07) is 13.4. The van der Waals surface area contributed by atoms with Crippen molar-refractivity contribution in [3.8, 4) is 16.9 Å². The third-order valence-electron chi connectivity index (χ3n) is 2.97. The Balaban J connectivity index is 2.67. The number of aromatic hydroxyl groups is 1. The van der Waals surface area contributed by atoms with Gasteiger partial charge in [0.25, 0.3) is 0 Å². The molecular formula is C16H17ClO. The smallest absolute Gasteiger partial charge is 0.127 e. The van der Waals surface area contributed by atoms with Gasteiger partial charge in [-0.15, -0.1) is 0 Å². The first-order chi connectivity index (χ1) is 8.39. The highest BCUT2D eigenvalue weighted by molar-refractivity contribution is 6.31. The second-order valence-electron chi connectivity index (χ2n) is 5.47. The quantitative estimate of drug-likeness (QED) is 0.764. The SMILES string of the molecule is CC(C)(C)c1cc(Cl)cc(-c2ccccc2)c1O. The molecule has 0 aliphatic heterocycles. The van der Waals surface area contributed by atoms with E-state index >= 15 is 0 Å². The molecule has 0 bridgehead atoms. The second-order valence-corrected chi connectivity index (χ2v) is 5.90. The van der Waals surface area contributed by atoms with E-state index in [0.29, 0.717) is 10.8 Å². The second kappa shape index (κ2) is 4.66. The first-order valence-electron chi connectivity index (χ1n) is 5.98. The van der Waals surface area contributed by atoms with Crippen molar-refractivity contribution in [2.45, 2.75) is 26.2 Å². The molecule has 0 unspecified atom stereocenters. The Labute approximate surface area is 113 Å². The zero-order valence-electron chi connectivity index (χ0n) is 10.9. The summed E-state index contributed by atoms with van der Waals surface area (Å²) in [6.07, 6.45) is 0. The van der Waals surface area contributed by atoms with Gasteiger partial charge in [0.2, 0.25) is 0 Å². The maximum atomic E-state index is 10.4. The first-order valence-corrected chi connectivity index (χ1v) is 6.36. The Morgan fingerprint density at radius 1 is 1.00 bits per heavy atom. The monoisotopic (exact) mass is 260 g/mol. The highest BCUT2D eigenvalue weighted by Gasteiger charge is 2.21. The fraction of sp³-hybridized carbons (Fsp3) is 0.250. The average molecular weight is 261 g/mol. The fourth-order valence-electron chi connectivity index (χ4n) is 2.01. The number of phenolic OH excluding ortho intramolecular Hbond substituents is 1. The molecule has 0 saturated carbocycles. The maximum Gasteiger partial charge on any atom is 0.127 e. The molecule has 1 N–H and O–H groups in total. The molecule has 1 nitrogen and oxygen atoms in total. The Kier molecular flexibility index (Phi) is 3.36. The summed E-state index contributed by atoms with van der Waals surface area (Å²) < 4.78 is 0. The Morgan fingerprint density at radius 3 is 2.17 bits per heavy atom. The zero-order chi connectivity index (χ0) is 13.3. The van der Waals surface area contributed by atoms with Gasteiger partial charge in [-0.2, -0.15) is 0 Å². The lowest BCUT2D eigenvalue weighted by Gasteiger charge is -2.22. The van der Waals surface area contributed by atoms with Gasteiger partial charge in [0, 0.05) is 16.1 Å². The number of hydrogen-bond donors (Lipinski definition) is 1. The van der Waals surface area contributed by atoms with Crippen LogP contribution in [0.5, 0.6) is 5.75 Å². The molecule has 0 amide bonds. The van der Waals surface area contributed by atoms with E-state index in [1.54, 1.807) is 0 Å². The van der Waals surface area contributed by atoms with Gasteiger partial charge in [-0.25, -0.2) is 0 Å². The van der Waals surface area contributed by atoms with E-state index in [0.717, 1.165) is 16.7 Å². The summed E-state index contributed by atoms with van der Waals surface area (Å²) in [5.41, 5.74) is 2.49. The fourth-order valence-corrected chi connectivity index (χ4v) is 2.23. The van der Waals surface area contributed by atoms with E-state index in [9.17, 15) is 5.11 Å². The van der Waals surface area contributed by atoms with Crippen molar-refractivity contribution in [3.05, 3.63) is 53.1 Å². The van der Waals surface area contributed by atoms with E-state index in [-0.39, 0.29) is 5.41 Å². The van der Waals surface area contributed by atoms with Crippen molar-refractivity contribution in [1.82, 2.24) is 0 Å². The van der Waals surface area contributed by atoms with Gasteiger partial charge in [-0.1, -0.05) is 62.7 Å². The number of hydrogen-bond acceptors (Lipinski definition) is 1. The van der Waals surface area contributed by atoms with E-state index in [1.165, 1.54) is 0 Å². The van der Waals surface area contributed by atoms with Crippen molar-refractivity contribution in [2.75, 3.05) is 0 Å². The van der Waals surface area contributed by atoms with Crippen LogP contribution >= 0.6 is 11.6 Å². The van der Waals surface area contributed by atoms with Crippen molar-refractivity contribution in [1.29, 1.82) is 0 Å². The predicted octanol–water partition coefficient (Wildman–Crippen LogP) is 5.01. The van der Waals surface area contributed by atoms with Crippen LogP contribution < -0.4 is 0 Å². The van der Waals surface area contributed by atoms with Gasteiger partial charge in [0.1, 0.15) is 5.75 Å². The minimum atomic E-state index is -0.140. The summed E-state index contributed by atoms with van der Waals surface area (Å²) in [7, 11) is 0. The lowest BCUT2D eigenvalue weighted by molar-refractivity contribution is 0.448. The van der Waals surface area contributed by atoms with Crippen LogP contribution in [0.4, 0.5) is 0 Å². The highest BCUT2D eigenvalue weighted by atomic mass is 35.5. The molecule has 2 heteroatoms. The van der Waals surface area contributed by atoms with Crippen LogP contribution in [-0.2, 0) is 5.41 Å². The van der Waals surface area contributed by atoms with Gasteiger partial charge in [0.05, 0.1) is 0 Å². The van der Waals surface area contributed by atoms with Crippen LogP contribution in [0.25, 0.3) is 11.1 Å². The third kappa shape index (κ3) is 2.51. The van der Waals surface area contributed by atoms with Crippen molar-refractivity contribution >= 4 is 11.6 Å². The number of halogens is 1. The standard InChI is InChI=1S/C16H17ClO/c1-16(2,3)14-10-12(17)9-13(15(14)18)11-7-5-4-6-8-11/h4-10,18H,1-3H3. The van der Waals surface area contributed by atoms with Crippen LogP contribution in [0, 0.1) is 0 Å². The van der Waals surface area contributed by atoms with E-state index in [4.69, 9.17) is 11.6 Å². The van der Waals surface area contributed by atoms with Crippen LogP contribution in [0.1, 0.15) is 26.3 Å². The van der Waals surface area contributed by atoms with Crippen LogP contribution in [-0.4, -0.2) is 5.11 Å². The van der Waals surface area contributed by atoms with Crippen LogP contribution in [0.2, 0.25) is 5.02 Å². The van der Waals surface area contributed by atoms with Gasteiger partial charge >= 0.3 is 0 Å². The van der Waals surface area contributed by atoms with Crippen molar-refractivity contribution in [2.24, 2.45) is 0 Å². The molecule has 0 aliphatic rings. The van der Waals surface area contributed by atoms with Crippen LogP contribution in [0.15, 0.2) is 42.5 Å². The Morgan fingerprint density at radius 2 is 1.61 bits per heavy atom. The summed E-state index contributed by atoms with van der Waals surface area (Å²) in [6.45, 7) is 6.19. The molecule has 0 aliphatic carbocycles. The van der Waals surface area contributed by atoms with Gasteiger partial charge in [0.15, 0.2) is 0 Å². The van der Waals surface area contributed by atoms with Gasteiger partial charge in [-0.3, -0.25) is 0 Å². The Hall–Kier alpha value is -1.47. The maximum absolute atomic E-state index is 10.4. The highest BCUT2D eigenvalue weighted by Crippen LogP contribution is 2.40. The predicted molar refractivity (Wildman–Crippen MR) is 77.3 cm³/mol. The molecule has 0 spiro atoms. The molecule has 0 fully saturated rings. The normalized spacial score (nSPS) is 11.6. The summed E-state index contributed by atoms with van der Waals surface area (Å²) in [5.74, 6) is 0.318. The van der Waals surface area contributed by atoms with Crippen molar-refractivity contribution in [3.63, 3.8) is 0 Å². The zero-order valence-corrected chi connectivity index (χ0v) is 11.6. The topological polar surface area (TPSA) is 20.2 Å². The lowest BCUT2D eigenvalue weighted by atomic mass is 9.84. The number of benzene rings is 2. The minimum Gasteiger partial charge on any atom is -0.507 e. The Bertz CT molecular complexity index is 553. The van der Waals surface area contributed by atoms with E-state index in [1.807, 2.05) is 42.5 Å². The van der Waals surface area contributed by atoms with E-state index < -0.39 is 0 Å². The number of rotatable bonds is 1. The molecule has 0 atom stereocenters. The molecule has 0 aromatic heterocycles. The number of phenols is 1. The minimum absolute atomic E-state index is 0.140.